The highest BCUT2D eigenvalue weighted by Gasteiger charge is 2.37. The first kappa shape index (κ1) is 9.37. The molecule has 2 heterocycles. The Bertz CT molecular complexity index is 442. The Morgan fingerprint density at radius 1 is 1.07 bits per heavy atom. The molecule has 0 N–H and O–H groups in total. The largest absolute Gasteiger partial charge is 0.357 e. The van der Waals surface area contributed by atoms with Crippen molar-refractivity contribution < 1.29 is 4.74 Å². The third-order valence-corrected chi connectivity index (χ3v) is 5.34. The van der Waals surface area contributed by atoms with Gasteiger partial charge in [-0.2, -0.15) is 0 Å². The second kappa shape index (κ2) is 2.83. The van der Waals surface area contributed by atoms with E-state index in [1.165, 1.54) is 11.1 Å². The number of ether oxygens (including phenoxy) is 1. The van der Waals surface area contributed by atoms with Crippen molar-refractivity contribution >= 4 is 13.3 Å². The van der Waals surface area contributed by atoms with Gasteiger partial charge in [-0.3, -0.25) is 0 Å². The van der Waals surface area contributed by atoms with Gasteiger partial charge in [-0.05, 0) is 11.1 Å². The molecule has 1 aromatic rings. The Kier molecular flexibility index (Phi) is 1.77. The van der Waals surface area contributed by atoms with Crippen LogP contribution in [0.1, 0.15) is 23.3 Å². The molecule has 2 unspecified atom stereocenters. The highest BCUT2D eigenvalue weighted by atomic mass is 28.3. The van der Waals surface area contributed by atoms with Gasteiger partial charge in [0.1, 0.15) is 12.2 Å². The Balaban J connectivity index is 2.22. The maximum atomic E-state index is 5.89. The van der Waals surface area contributed by atoms with Crippen molar-refractivity contribution in [3.05, 3.63) is 41.5 Å². The Hall–Kier alpha value is -0.863. The summed E-state index contributed by atoms with van der Waals surface area (Å²) in [5.74, 6) is 0. The summed E-state index contributed by atoms with van der Waals surface area (Å²) in [7, 11) is -1.24. The summed E-state index contributed by atoms with van der Waals surface area (Å²) in [6.45, 7) is 7.20. The zero-order valence-corrected chi connectivity index (χ0v) is 10.4. The van der Waals surface area contributed by atoms with Gasteiger partial charge in [-0.1, -0.05) is 55.2 Å². The number of hydrogen-bond acceptors (Lipinski definition) is 1. The van der Waals surface area contributed by atoms with Crippen molar-refractivity contribution in [1.29, 1.82) is 0 Å². The van der Waals surface area contributed by atoms with Crippen LogP contribution >= 0.6 is 0 Å². The summed E-state index contributed by atoms with van der Waals surface area (Å²) < 4.78 is 5.89. The average molecular weight is 216 g/mol. The lowest BCUT2D eigenvalue weighted by Crippen LogP contribution is -2.40. The zero-order chi connectivity index (χ0) is 10.6. The van der Waals surface area contributed by atoms with Crippen molar-refractivity contribution in [3.63, 3.8) is 0 Å². The molecule has 0 aromatic heterocycles. The summed E-state index contributed by atoms with van der Waals surface area (Å²) in [5.41, 5.74) is 2.88. The average Bonchev–Trinajstić information content (AvgIpc) is 2.76. The first-order chi connectivity index (χ1) is 7.07. The van der Waals surface area contributed by atoms with E-state index in [1.807, 2.05) is 0 Å². The number of benzene rings is 1. The molecule has 78 valence electrons. The summed E-state index contributed by atoms with van der Waals surface area (Å²) in [4.78, 5) is 0. The van der Waals surface area contributed by atoms with Crippen molar-refractivity contribution in [2.45, 2.75) is 31.8 Å². The maximum Gasteiger partial charge on any atom is 0.102 e. The minimum absolute atomic E-state index is 0.237. The fraction of sp³-hybridized carbons (Fsp3) is 0.385. The summed E-state index contributed by atoms with van der Waals surface area (Å²) >= 11 is 0. The smallest absolute Gasteiger partial charge is 0.102 e. The molecule has 2 bridgehead atoms. The van der Waals surface area contributed by atoms with Gasteiger partial charge in [0.05, 0.1) is 8.07 Å². The second-order valence-corrected chi connectivity index (χ2v) is 10.5. The standard InChI is InChI=1S/C13H16OSi/c1-15(2,3)12-6-4-5-9-10-7-8-11(14-10)13(9)12/h4-8,10-11H,1-3H3. The molecule has 2 atom stereocenters. The van der Waals surface area contributed by atoms with E-state index in [0.717, 1.165) is 0 Å². The quantitative estimate of drug-likeness (QED) is 0.518. The molecule has 2 aliphatic heterocycles. The molecular formula is C13H16OSi. The van der Waals surface area contributed by atoms with Crippen LogP contribution in [0, 0.1) is 0 Å². The second-order valence-electron chi connectivity index (χ2n) is 5.42. The van der Waals surface area contributed by atoms with E-state index in [0.29, 0.717) is 0 Å². The Labute approximate surface area is 91.8 Å². The molecule has 0 spiro atoms. The van der Waals surface area contributed by atoms with Gasteiger partial charge >= 0.3 is 0 Å². The van der Waals surface area contributed by atoms with Gasteiger partial charge in [-0.15, -0.1) is 0 Å². The third-order valence-electron chi connectivity index (χ3n) is 3.29. The SMILES string of the molecule is C[Si](C)(C)c1cccc2c1C1C=CC2O1. The molecule has 0 saturated heterocycles. The summed E-state index contributed by atoms with van der Waals surface area (Å²) in [6, 6.07) is 6.69. The molecule has 0 saturated carbocycles. The molecule has 0 aliphatic carbocycles. The number of fused-ring (bicyclic) bond motifs is 5. The van der Waals surface area contributed by atoms with Gasteiger partial charge in [-0.25, -0.2) is 0 Å². The van der Waals surface area contributed by atoms with Crippen LogP contribution in [-0.2, 0) is 4.74 Å². The number of hydrogen-bond donors (Lipinski definition) is 0. The van der Waals surface area contributed by atoms with Crippen LogP contribution < -0.4 is 5.19 Å². The highest BCUT2D eigenvalue weighted by molar-refractivity contribution is 6.89. The minimum atomic E-state index is -1.24. The molecule has 0 radical (unpaired) electrons. The lowest BCUT2D eigenvalue weighted by atomic mass is 9.97. The van der Waals surface area contributed by atoms with Crippen molar-refractivity contribution in [1.82, 2.24) is 0 Å². The van der Waals surface area contributed by atoms with Crippen LogP contribution in [0.3, 0.4) is 0 Å². The van der Waals surface area contributed by atoms with Crippen LogP contribution in [-0.4, -0.2) is 8.07 Å². The molecule has 3 rings (SSSR count). The van der Waals surface area contributed by atoms with Crippen LogP contribution in [0.15, 0.2) is 30.4 Å². The maximum absolute atomic E-state index is 5.89. The van der Waals surface area contributed by atoms with E-state index < -0.39 is 8.07 Å². The molecule has 1 nitrogen and oxygen atoms in total. The van der Waals surface area contributed by atoms with E-state index in [-0.39, 0.29) is 12.2 Å². The molecular weight excluding hydrogens is 200 g/mol. The molecule has 0 fully saturated rings. The normalized spacial score (nSPS) is 27.1. The van der Waals surface area contributed by atoms with Gasteiger partial charge in [0, 0.05) is 0 Å². The summed E-state index contributed by atoms with van der Waals surface area (Å²) in [6.07, 6.45) is 4.87. The van der Waals surface area contributed by atoms with Crippen molar-refractivity contribution in [2.75, 3.05) is 0 Å². The van der Waals surface area contributed by atoms with E-state index in [1.54, 1.807) is 5.19 Å². The first-order valence-electron chi connectivity index (χ1n) is 5.54. The predicted octanol–water partition coefficient (Wildman–Crippen LogP) is 2.91. The third kappa shape index (κ3) is 1.25. The molecule has 2 aliphatic rings. The summed E-state index contributed by atoms with van der Waals surface area (Å²) in [5, 5.41) is 1.57. The molecule has 1 aromatic carbocycles. The van der Waals surface area contributed by atoms with Gasteiger partial charge in [0.25, 0.3) is 0 Å². The molecule has 15 heavy (non-hydrogen) atoms. The van der Waals surface area contributed by atoms with Crippen LogP contribution in [0.25, 0.3) is 0 Å². The monoisotopic (exact) mass is 216 g/mol. The van der Waals surface area contributed by atoms with Gasteiger partial charge < -0.3 is 4.74 Å². The van der Waals surface area contributed by atoms with Gasteiger partial charge in [0.15, 0.2) is 0 Å². The minimum Gasteiger partial charge on any atom is -0.357 e. The lowest BCUT2D eigenvalue weighted by Gasteiger charge is -2.22. The van der Waals surface area contributed by atoms with E-state index in [2.05, 4.69) is 50.0 Å². The lowest BCUT2D eigenvalue weighted by molar-refractivity contribution is 0.0881. The fourth-order valence-electron chi connectivity index (χ4n) is 2.59. The highest BCUT2D eigenvalue weighted by Crippen LogP contribution is 2.45. The molecule has 0 amide bonds. The first-order valence-corrected chi connectivity index (χ1v) is 9.04. The Morgan fingerprint density at radius 3 is 2.53 bits per heavy atom. The molecule has 2 heteroatoms. The number of rotatable bonds is 1. The van der Waals surface area contributed by atoms with Crippen LogP contribution in [0.2, 0.25) is 19.6 Å². The van der Waals surface area contributed by atoms with Crippen LogP contribution in [0.5, 0.6) is 0 Å². The fourth-order valence-corrected chi connectivity index (χ4v) is 4.29. The van der Waals surface area contributed by atoms with E-state index in [9.17, 15) is 0 Å². The predicted molar refractivity (Wildman–Crippen MR) is 65.1 cm³/mol. The van der Waals surface area contributed by atoms with Crippen molar-refractivity contribution in [2.24, 2.45) is 0 Å². The zero-order valence-electron chi connectivity index (χ0n) is 9.45. The van der Waals surface area contributed by atoms with Gasteiger partial charge in [0.2, 0.25) is 0 Å². The Morgan fingerprint density at radius 2 is 1.80 bits per heavy atom. The van der Waals surface area contributed by atoms with E-state index >= 15 is 0 Å². The topological polar surface area (TPSA) is 9.23 Å². The van der Waals surface area contributed by atoms with Crippen molar-refractivity contribution in [3.8, 4) is 0 Å². The van der Waals surface area contributed by atoms with E-state index in [4.69, 9.17) is 4.74 Å². The van der Waals surface area contributed by atoms with Crippen LogP contribution in [0.4, 0.5) is 0 Å².